The highest BCUT2D eigenvalue weighted by molar-refractivity contribution is 5.99. The third kappa shape index (κ3) is 5.80. The summed E-state index contributed by atoms with van der Waals surface area (Å²) in [5.74, 6) is 0.935. The average Bonchev–Trinajstić information content (AvgIpc) is 3.26. The molecule has 2 aromatic carbocycles. The number of rotatable bonds is 9. The molecular formula is C27H30N6O3. The number of aromatic nitrogens is 2. The number of amides is 2. The van der Waals surface area contributed by atoms with Crippen molar-refractivity contribution >= 4 is 40.8 Å². The van der Waals surface area contributed by atoms with Crippen LogP contribution >= 0.6 is 0 Å². The quantitative estimate of drug-likeness (QED) is 0.343. The van der Waals surface area contributed by atoms with Crippen LogP contribution in [-0.2, 0) is 9.53 Å². The predicted octanol–water partition coefficient (Wildman–Crippen LogP) is 5.50. The first kappa shape index (κ1) is 24.7. The minimum atomic E-state index is -0.386. The number of benzene rings is 2. The van der Waals surface area contributed by atoms with E-state index in [0.717, 1.165) is 16.9 Å². The molecule has 0 aliphatic carbocycles. The van der Waals surface area contributed by atoms with Crippen molar-refractivity contribution in [3.05, 3.63) is 79.0 Å². The fourth-order valence-corrected chi connectivity index (χ4v) is 3.91. The molecule has 1 aliphatic rings. The van der Waals surface area contributed by atoms with Gasteiger partial charge in [0, 0.05) is 23.3 Å². The topological polar surface area (TPSA) is 108 Å². The standard InChI is InChI=1S/C27H30N6O3/c1-5-25(34)31-22-8-6-7-21(15-22)30-20-11-9-19(10-12-20)18(4)29-26-28-14-13-24(32-26)33-23(17(2)3)16-36-27(33)35/h5-15,17-18,23,30H,1,16H2,2-4H3,(H,31,34)(H,28,29,32)/t18-,23+/m0/s1. The zero-order chi connectivity index (χ0) is 25.7. The number of hydrogen-bond acceptors (Lipinski definition) is 7. The van der Waals surface area contributed by atoms with Crippen LogP contribution in [0.25, 0.3) is 0 Å². The van der Waals surface area contributed by atoms with Crippen molar-refractivity contribution in [2.45, 2.75) is 32.9 Å². The van der Waals surface area contributed by atoms with E-state index in [-0.39, 0.29) is 30.0 Å². The number of carbonyl (C=O) groups excluding carboxylic acids is 2. The zero-order valence-electron chi connectivity index (χ0n) is 20.6. The van der Waals surface area contributed by atoms with Crippen LogP contribution in [0.2, 0.25) is 0 Å². The Bertz CT molecular complexity index is 1240. The molecule has 1 fully saturated rings. The normalized spacial score (nSPS) is 15.8. The van der Waals surface area contributed by atoms with Gasteiger partial charge in [-0.2, -0.15) is 4.98 Å². The maximum Gasteiger partial charge on any atom is 0.415 e. The number of carbonyl (C=O) groups is 2. The fraction of sp³-hybridized carbons (Fsp3) is 0.259. The molecule has 0 spiro atoms. The summed E-state index contributed by atoms with van der Waals surface area (Å²) in [7, 11) is 0. The van der Waals surface area contributed by atoms with E-state index >= 15 is 0 Å². The Kier molecular flexibility index (Phi) is 7.48. The summed E-state index contributed by atoms with van der Waals surface area (Å²) in [4.78, 5) is 34.3. The van der Waals surface area contributed by atoms with Gasteiger partial charge in [0.15, 0.2) is 0 Å². The molecule has 9 nitrogen and oxygen atoms in total. The van der Waals surface area contributed by atoms with E-state index in [0.29, 0.717) is 24.1 Å². The van der Waals surface area contributed by atoms with Gasteiger partial charge in [0.1, 0.15) is 12.4 Å². The molecule has 1 aliphatic heterocycles. The molecule has 2 amide bonds. The maximum absolute atomic E-state index is 12.3. The number of nitrogens with one attached hydrogen (secondary N) is 3. The lowest BCUT2D eigenvalue weighted by Crippen LogP contribution is -2.37. The third-order valence-corrected chi connectivity index (χ3v) is 5.92. The van der Waals surface area contributed by atoms with E-state index in [1.165, 1.54) is 6.08 Å². The van der Waals surface area contributed by atoms with Crippen molar-refractivity contribution in [1.82, 2.24) is 9.97 Å². The van der Waals surface area contributed by atoms with Gasteiger partial charge in [-0.15, -0.1) is 0 Å². The molecule has 3 aromatic rings. The molecule has 4 rings (SSSR count). The smallest absolute Gasteiger partial charge is 0.415 e. The number of cyclic esters (lactones) is 1. The summed E-state index contributed by atoms with van der Waals surface area (Å²) in [6.07, 6.45) is 2.49. The van der Waals surface area contributed by atoms with Crippen LogP contribution in [0.5, 0.6) is 0 Å². The van der Waals surface area contributed by atoms with E-state index < -0.39 is 0 Å². The highest BCUT2D eigenvalue weighted by Crippen LogP contribution is 2.27. The molecule has 36 heavy (non-hydrogen) atoms. The van der Waals surface area contributed by atoms with Crippen molar-refractivity contribution in [1.29, 1.82) is 0 Å². The summed E-state index contributed by atoms with van der Waals surface area (Å²) >= 11 is 0. The SMILES string of the molecule is C=CC(=O)Nc1cccc(Nc2ccc([C@H](C)Nc3nccc(N4C(=O)OC[C@@H]4C(C)C)n3)cc2)c1. The third-order valence-electron chi connectivity index (χ3n) is 5.92. The van der Waals surface area contributed by atoms with Crippen molar-refractivity contribution in [2.75, 3.05) is 27.5 Å². The van der Waals surface area contributed by atoms with E-state index in [1.807, 2.05) is 55.5 Å². The molecule has 0 unspecified atom stereocenters. The summed E-state index contributed by atoms with van der Waals surface area (Å²) in [5, 5.41) is 9.40. The molecular weight excluding hydrogens is 456 g/mol. The van der Waals surface area contributed by atoms with Gasteiger partial charge in [-0.05, 0) is 60.9 Å². The second-order valence-electron chi connectivity index (χ2n) is 8.88. The van der Waals surface area contributed by atoms with Gasteiger partial charge in [0.2, 0.25) is 11.9 Å². The molecule has 186 valence electrons. The second-order valence-corrected chi connectivity index (χ2v) is 8.88. The van der Waals surface area contributed by atoms with Crippen LogP contribution in [0.4, 0.5) is 33.6 Å². The molecule has 0 radical (unpaired) electrons. The van der Waals surface area contributed by atoms with Gasteiger partial charge >= 0.3 is 6.09 Å². The van der Waals surface area contributed by atoms with E-state index in [2.05, 4.69) is 46.3 Å². The lowest BCUT2D eigenvalue weighted by molar-refractivity contribution is -0.111. The Morgan fingerprint density at radius 3 is 2.58 bits per heavy atom. The number of anilines is 5. The lowest BCUT2D eigenvalue weighted by Gasteiger charge is -2.23. The Morgan fingerprint density at radius 2 is 1.86 bits per heavy atom. The molecule has 1 saturated heterocycles. The van der Waals surface area contributed by atoms with Crippen LogP contribution in [0, 0.1) is 5.92 Å². The Hall–Kier alpha value is -4.40. The maximum atomic E-state index is 12.3. The van der Waals surface area contributed by atoms with Crippen LogP contribution in [0.3, 0.4) is 0 Å². The first-order valence-electron chi connectivity index (χ1n) is 11.8. The second kappa shape index (κ2) is 10.9. The van der Waals surface area contributed by atoms with Crippen molar-refractivity contribution in [3.8, 4) is 0 Å². The number of hydrogen-bond donors (Lipinski definition) is 3. The number of nitrogens with zero attached hydrogens (tertiary/aromatic N) is 3. The van der Waals surface area contributed by atoms with Crippen molar-refractivity contribution in [2.24, 2.45) is 5.92 Å². The Labute approximate surface area is 210 Å². The minimum absolute atomic E-state index is 0.0586. The molecule has 0 saturated carbocycles. The largest absolute Gasteiger partial charge is 0.447 e. The lowest BCUT2D eigenvalue weighted by atomic mass is 10.0. The van der Waals surface area contributed by atoms with Gasteiger partial charge < -0.3 is 20.7 Å². The van der Waals surface area contributed by atoms with Crippen LogP contribution in [-0.4, -0.2) is 34.6 Å². The van der Waals surface area contributed by atoms with Gasteiger partial charge in [-0.25, -0.2) is 9.78 Å². The van der Waals surface area contributed by atoms with Crippen molar-refractivity contribution in [3.63, 3.8) is 0 Å². The van der Waals surface area contributed by atoms with E-state index in [4.69, 9.17) is 4.74 Å². The van der Waals surface area contributed by atoms with Crippen LogP contribution in [0.15, 0.2) is 73.4 Å². The summed E-state index contributed by atoms with van der Waals surface area (Å²) in [5.41, 5.74) is 3.48. The first-order chi connectivity index (χ1) is 17.3. The Balaban J connectivity index is 1.41. The van der Waals surface area contributed by atoms with Gasteiger partial charge in [0.05, 0.1) is 12.1 Å². The molecule has 2 heterocycles. The molecule has 2 atom stereocenters. The molecule has 1 aromatic heterocycles. The summed E-state index contributed by atoms with van der Waals surface area (Å²) in [6, 6.07) is 17.0. The summed E-state index contributed by atoms with van der Waals surface area (Å²) in [6.45, 7) is 9.95. The van der Waals surface area contributed by atoms with E-state index in [1.54, 1.807) is 17.2 Å². The monoisotopic (exact) mass is 486 g/mol. The highest BCUT2D eigenvalue weighted by atomic mass is 16.6. The fourth-order valence-electron chi connectivity index (χ4n) is 3.91. The van der Waals surface area contributed by atoms with Crippen molar-refractivity contribution < 1.29 is 14.3 Å². The van der Waals surface area contributed by atoms with Gasteiger partial charge in [-0.3, -0.25) is 9.69 Å². The highest BCUT2D eigenvalue weighted by Gasteiger charge is 2.37. The summed E-state index contributed by atoms with van der Waals surface area (Å²) < 4.78 is 5.24. The zero-order valence-corrected chi connectivity index (χ0v) is 20.6. The average molecular weight is 487 g/mol. The van der Waals surface area contributed by atoms with Crippen LogP contribution < -0.4 is 20.9 Å². The minimum Gasteiger partial charge on any atom is -0.447 e. The first-order valence-corrected chi connectivity index (χ1v) is 11.8. The molecule has 0 bridgehead atoms. The predicted molar refractivity (Wildman–Crippen MR) is 142 cm³/mol. The Morgan fingerprint density at radius 1 is 1.11 bits per heavy atom. The number of ether oxygens (including phenoxy) is 1. The van der Waals surface area contributed by atoms with Gasteiger partial charge in [-0.1, -0.05) is 38.6 Å². The van der Waals surface area contributed by atoms with Gasteiger partial charge in [0.25, 0.3) is 0 Å². The molecule has 9 heteroatoms. The van der Waals surface area contributed by atoms with Crippen LogP contribution in [0.1, 0.15) is 32.4 Å². The van der Waals surface area contributed by atoms with E-state index in [9.17, 15) is 9.59 Å². The molecule has 3 N–H and O–H groups in total.